The molecule has 2 aromatic carbocycles. The number of benzene rings is 2. The van der Waals surface area contributed by atoms with E-state index in [9.17, 15) is 22.8 Å². The average Bonchev–Trinajstić information content (AvgIpc) is 2.51. The summed E-state index contributed by atoms with van der Waals surface area (Å²) in [6.07, 6.45) is -4.73. The van der Waals surface area contributed by atoms with Crippen LogP contribution in [0, 0.1) is 13.8 Å². The fraction of sp³-hybridized carbons (Fsp3) is 0.176. The average molecular weight is 371 g/mol. The molecule has 8 heteroatoms. The largest absolute Gasteiger partial charge is 0.418 e. The van der Waals surface area contributed by atoms with Crippen LogP contribution in [-0.4, -0.2) is 11.8 Å². The van der Waals surface area contributed by atoms with Gasteiger partial charge in [0.05, 0.1) is 11.3 Å². The number of para-hydroxylation sites is 1. The first-order chi connectivity index (χ1) is 11.6. The Balaban J connectivity index is 2.21. The minimum atomic E-state index is -4.73. The molecule has 2 rings (SSSR count). The molecule has 0 aliphatic heterocycles. The van der Waals surface area contributed by atoms with Gasteiger partial charge in [0.25, 0.3) is 0 Å². The van der Waals surface area contributed by atoms with Gasteiger partial charge in [-0.15, -0.1) is 0 Å². The third kappa shape index (κ3) is 4.51. The summed E-state index contributed by atoms with van der Waals surface area (Å²) in [4.78, 5) is 24.0. The van der Waals surface area contributed by atoms with Crippen LogP contribution in [0.5, 0.6) is 0 Å². The second-order valence-corrected chi connectivity index (χ2v) is 5.80. The highest BCUT2D eigenvalue weighted by Gasteiger charge is 2.34. The Hall–Kier alpha value is -2.54. The first-order valence-corrected chi connectivity index (χ1v) is 7.52. The molecule has 0 radical (unpaired) electrons. The molecule has 0 atom stereocenters. The number of anilines is 2. The van der Waals surface area contributed by atoms with E-state index in [1.54, 1.807) is 32.0 Å². The fourth-order valence-corrected chi connectivity index (χ4v) is 2.39. The van der Waals surface area contributed by atoms with Crippen LogP contribution >= 0.6 is 11.6 Å². The second-order valence-electron chi connectivity index (χ2n) is 5.36. The van der Waals surface area contributed by atoms with Crippen LogP contribution in [0.4, 0.5) is 24.5 Å². The number of carbonyl (C=O) groups is 2. The van der Waals surface area contributed by atoms with Gasteiger partial charge in [0.2, 0.25) is 0 Å². The standard InChI is InChI=1S/C17H14ClF3N2O2/c1-9-4-3-5-10(2)14(9)23-16(25)15(24)22-13-7-6-11(18)8-12(13)17(19,20)21/h3-8H,1-2H3,(H,22,24)(H,23,25). The van der Waals surface area contributed by atoms with Crippen molar-refractivity contribution >= 4 is 34.8 Å². The van der Waals surface area contributed by atoms with E-state index in [0.717, 1.165) is 17.2 Å². The van der Waals surface area contributed by atoms with Crippen LogP contribution in [0.1, 0.15) is 16.7 Å². The molecule has 0 fully saturated rings. The number of carbonyl (C=O) groups excluding carboxylic acids is 2. The zero-order chi connectivity index (χ0) is 18.8. The molecular weight excluding hydrogens is 357 g/mol. The van der Waals surface area contributed by atoms with E-state index in [-0.39, 0.29) is 5.02 Å². The predicted octanol–water partition coefficient (Wildman–Crippen LogP) is 4.55. The van der Waals surface area contributed by atoms with E-state index in [2.05, 4.69) is 5.32 Å². The Morgan fingerprint density at radius 1 is 0.960 bits per heavy atom. The highest BCUT2D eigenvalue weighted by atomic mass is 35.5. The van der Waals surface area contributed by atoms with Gasteiger partial charge in [-0.05, 0) is 43.2 Å². The third-order valence-corrected chi connectivity index (χ3v) is 3.70. The monoisotopic (exact) mass is 370 g/mol. The molecule has 2 aromatic rings. The van der Waals surface area contributed by atoms with Gasteiger partial charge in [0.1, 0.15) is 0 Å². The number of hydrogen-bond acceptors (Lipinski definition) is 2. The van der Waals surface area contributed by atoms with Crippen molar-refractivity contribution in [2.24, 2.45) is 0 Å². The highest BCUT2D eigenvalue weighted by molar-refractivity contribution is 6.44. The molecule has 0 aliphatic rings. The quantitative estimate of drug-likeness (QED) is 0.762. The van der Waals surface area contributed by atoms with Crippen LogP contribution in [0.3, 0.4) is 0 Å². The SMILES string of the molecule is Cc1cccc(C)c1NC(=O)C(=O)Nc1ccc(Cl)cc1C(F)(F)F. The van der Waals surface area contributed by atoms with Gasteiger partial charge in [-0.25, -0.2) is 0 Å². The Morgan fingerprint density at radius 3 is 2.08 bits per heavy atom. The van der Waals surface area contributed by atoms with Gasteiger partial charge in [0.15, 0.2) is 0 Å². The van der Waals surface area contributed by atoms with Crippen molar-refractivity contribution in [2.75, 3.05) is 10.6 Å². The third-order valence-electron chi connectivity index (χ3n) is 3.46. The lowest BCUT2D eigenvalue weighted by Gasteiger charge is -2.15. The Labute approximate surface area is 147 Å². The minimum absolute atomic E-state index is 0.134. The Morgan fingerprint density at radius 2 is 1.52 bits per heavy atom. The number of halogens is 4. The highest BCUT2D eigenvalue weighted by Crippen LogP contribution is 2.36. The van der Waals surface area contributed by atoms with Gasteiger partial charge >= 0.3 is 18.0 Å². The Kier molecular flexibility index (Phi) is 5.37. The number of aryl methyl sites for hydroxylation is 2. The zero-order valence-electron chi connectivity index (χ0n) is 13.3. The minimum Gasteiger partial charge on any atom is -0.317 e. The van der Waals surface area contributed by atoms with Crippen LogP contribution in [0.25, 0.3) is 0 Å². The maximum absolute atomic E-state index is 13.0. The number of hydrogen-bond donors (Lipinski definition) is 2. The molecule has 0 spiro atoms. The summed E-state index contributed by atoms with van der Waals surface area (Å²) in [5.41, 5.74) is 0.217. The molecule has 25 heavy (non-hydrogen) atoms. The van der Waals surface area contributed by atoms with Crippen molar-refractivity contribution in [1.82, 2.24) is 0 Å². The van der Waals surface area contributed by atoms with E-state index < -0.39 is 29.2 Å². The van der Waals surface area contributed by atoms with Gasteiger partial charge < -0.3 is 10.6 Å². The number of rotatable bonds is 2. The molecular formula is C17H14ClF3N2O2. The summed E-state index contributed by atoms with van der Waals surface area (Å²) in [5.74, 6) is -2.28. The summed E-state index contributed by atoms with van der Waals surface area (Å²) in [6.45, 7) is 3.48. The lowest BCUT2D eigenvalue weighted by Crippen LogP contribution is -2.30. The van der Waals surface area contributed by atoms with Gasteiger partial charge in [-0.2, -0.15) is 13.2 Å². The zero-order valence-corrected chi connectivity index (χ0v) is 14.0. The molecule has 0 bridgehead atoms. The summed E-state index contributed by atoms with van der Waals surface area (Å²) in [6, 6.07) is 8.12. The van der Waals surface area contributed by atoms with Gasteiger partial charge in [-0.1, -0.05) is 29.8 Å². The van der Waals surface area contributed by atoms with E-state index in [4.69, 9.17) is 11.6 Å². The van der Waals surface area contributed by atoms with Crippen molar-refractivity contribution in [1.29, 1.82) is 0 Å². The van der Waals surface area contributed by atoms with Crippen molar-refractivity contribution in [2.45, 2.75) is 20.0 Å². The lowest BCUT2D eigenvalue weighted by molar-refractivity contribution is -0.137. The molecule has 0 heterocycles. The van der Waals surface area contributed by atoms with Crippen LogP contribution < -0.4 is 10.6 Å². The molecule has 0 aromatic heterocycles. The second kappa shape index (κ2) is 7.14. The Bertz CT molecular complexity index is 815. The summed E-state index contributed by atoms with van der Waals surface area (Å²) in [5, 5.41) is 4.25. The summed E-state index contributed by atoms with van der Waals surface area (Å²) in [7, 11) is 0. The molecule has 2 N–H and O–H groups in total. The van der Waals surface area contributed by atoms with E-state index in [1.165, 1.54) is 6.07 Å². The van der Waals surface area contributed by atoms with E-state index in [1.807, 2.05) is 5.32 Å². The molecule has 4 nitrogen and oxygen atoms in total. The van der Waals surface area contributed by atoms with Crippen molar-refractivity contribution in [3.63, 3.8) is 0 Å². The summed E-state index contributed by atoms with van der Waals surface area (Å²) < 4.78 is 39.1. The number of amides is 2. The molecule has 0 unspecified atom stereocenters. The number of nitrogens with one attached hydrogen (secondary N) is 2. The lowest BCUT2D eigenvalue weighted by atomic mass is 10.1. The van der Waals surface area contributed by atoms with Crippen molar-refractivity contribution < 1.29 is 22.8 Å². The first-order valence-electron chi connectivity index (χ1n) is 7.15. The maximum Gasteiger partial charge on any atom is 0.418 e. The smallest absolute Gasteiger partial charge is 0.317 e. The topological polar surface area (TPSA) is 58.2 Å². The van der Waals surface area contributed by atoms with Crippen LogP contribution in [0.2, 0.25) is 5.02 Å². The predicted molar refractivity (Wildman–Crippen MR) is 89.6 cm³/mol. The molecule has 132 valence electrons. The van der Waals surface area contributed by atoms with Crippen molar-refractivity contribution in [3.8, 4) is 0 Å². The van der Waals surface area contributed by atoms with Crippen LogP contribution in [0.15, 0.2) is 36.4 Å². The molecule has 0 aliphatic carbocycles. The number of alkyl halides is 3. The van der Waals surface area contributed by atoms with Crippen LogP contribution in [-0.2, 0) is 15.8 Å². The van der Waals surface area contributed by atoms with E-state index in [0.29, 0.717) is 11.8 Å². The maximum atomic E-state index is 13.0. The normalized spacial score (nSPS) is 11.1. The van der Waals surface area contributed by atoms with E-state index >= 15 is 0 Å². The molecule has 0 saturated carbocycles. The molecule has 2 amide bonds. The molecule has 0 saturated heterocycles. The first kappa shape index (κ1) is 18.8. The summed E-state index contributed by atoms with van der Waals surface area (Å²) >= 11 is 5.57. The fourth-order valence-electron chi connectivity index (χ4n) is 2.22. The van der Waals surface area contributed by atoms with Crippen molar-refractivity contribution in [3.05, 3.63) is 58.1 Å². The van der Waals surface area contributed by atoms with Gasteiger partial charge in [0, 0.05) is 10.7 Å². The van der Waals surface area contributed by atoms with Gasteiger partial charge in [-0.3, -0.25) is 9.59 Å².